The van der Waals surface area contributed by atoms with Crippen molar-refractivity contribution >= 4 is 28.6 Å². The van der Waals surface area contributed by atoms with Crippen LogP contribution in [0, 0.1) is 0 Å². The van der Waals surface area contributed by atoms with E-state index in [9.17, 15) is 4.79 Å². The zero-order chi connectivity index (χ0) is 12.7. The first kappa shape index (κ1) is 14.7. The van der Waals surface area contributed by atoms with Crippen molar-refractivity contribution in [2.45, 2.75) is 26.2 Å². The number of hydrogen-bond donors (Lipinski definition) is 0. The smallest absolute Gasteiger partial charge is 0.200 e. The van der Waals surface area contributed by atoms with E-state index in [1.165, 1.54) is 11.8 Å². The molecule has 0 aromatic heterocycles. The molecule has 1 atom stereocenters. The quantitative estimate of drug-likeness (QED) is 0.777. The fourth-order valence-electron chi connectivity index (χ4n) is 1.66. The Morgan fingerprint density at radius 1 is 1.18 bits per heavy atom. The number of rotatable bonds is 6. The molecule has 0 aliphatic rings. The largest absolute Gasteiger partial charge is 0.286 e. The Morgan fingerprint density at radius 2 is 1.82 bits per heavy atom. The summed E-state index contributed by atoms with van der Waals surface area (Å²) < 4.78 is 0. The average Bonchev–Trinajstić information content (AvgIpc) is 2.37. The summed E-state index contributed by atoms with van der Waals surface area (Å²) in [6.07, 6.45) is 0. The lowest BCUT2D eigenvalue weighted by Crippen LogP contribution is -2.33. The van der Waals surface area contributed by atoms with Crippen LogP contribution >= 0.6 is 23.5 Å². The molecule has 0 heterocycles. The number of carbonyl (C=O) groups excluding carboxylic acids is 1. The zero-order valence-corrected chi connectivity index (χ0v) is 12.4. The molecule has 17 heavy (non-hydrogen) atoms. The molecule has 0 N–H and O–H groups in total. The molecule has 0 radical (unpaired) electrons. The molecule has 0 amide bonds. The van der Waals surface area contributed by atoms with Gasteiger partial charge in [-0.15, -0.1) is 0 Å². The van der Waals surface area contributed by atoms with Gasteiger partial charge in [0, 0.05) is 5.75 Å². The standard InChI is InChI=1S/C14H20OS2/c1-4-16-11-14(3,13(15)17-5-2)12-9-7-6-8-10-12/h6-10H,4-5,11H2,1-3H3. The second kappa shape index (κ2) is 7.12. The van der Waals surface area contributed by atoms with Gasteiger partial charge in [0.15, 0.2) is 5.12 Å². The van der Waals surface area contributed by atoms with Gasteiger partial charge in [0.1, 0.15) is 0 Å². The first-order valence-corrected chi connectivity index (χ1v) is 8.09. The summed E-state index contributed by atoms with van der Waals surface area (Å²) in [6.45, 7) is 6.23. The molecule has 1 nitrogen and oxygen atoms in total. The summed E-state index contributed by atoms with van der Waals surface area (Å²) in [5.41, 5.74) is 0.773. The van der Waals surface area contributed by atoms with Gasteiger partial charge in [-0.3, -0.25) is 4.79 Å². The van der Waals surface area contributed by atoms with E-state index in [1.807, 2.05) is 36.9 Å². The molecule has 1 aromatic rings. The number of hydrogen-bond acceptors (Lipinski definition) is 3. The minimum atomic E-state index is -0.359. The predicted molar refractivity (Wildman–Crippen MR) is 79.9 cm³/mol. The van der Waals surface area contributed by atoms with E-state index < -0.39 is 0 Å². The van der Waals surface area contributed by atoms with Crippen LogP contribution in [0.3, 0.4) is 0 Å². The van der Waals surface area contributed by atoms with Crippen LogP contribution in [0.5, 0.6) is 0 Å². The van der Waals surface area contributed by atoms with Crippen LogP contribution in [0.15, 0.2) is 30.3 Å². The summed E-state index contributed by atoms with van der Waals surface area (Å²) in [5.74, 6) is 2.75. The third-order valence-electron chi connectivity index (χ3n) is 2.73. The fourth-order valence-corrected chi connectivity index (χ4v) is 3.43. The Balaban J connectivity index is 2.97. The van der Waals surface area contributed by atoms with E-state index in [0.29, 0.717) is 0 Å². The lowest BCUT2D eigenvalue weighted by atomic mass is 9.86. The fraction of sp³-hybridized carbons (Fsp3) is 0.500. The molecule has 0 saturated carbocycles. The molecule has 0 aliphatic heterocycles. The third-order valence-corrected chi connectivity index (χ3v) is 4.92. The normalized spacial score (nSPS) is 14.3. The van der Waals surface area contributed by atoms with Crippen molar-refractivity contribution in [3.8, 4) is 0 Å². The highest BCUT2D eigenvalue weighted by Crippen LogP contribution is 2.33. The van der Waals surface area contributed by atoms with Gasteiger partial charge in [-0.2, -0.15) is 11.8 Å². The van der Waals surface area contributed by atoms with Gasteiger partial charge in [-0.05, 0) is 24.0 Å². The van der Waals surface area contributed by atoms with E-state index in [-0.39, 0.29) is 10.5 Å². The predicted octanol–water partition coefficient (Wildman–Crippen LogP) is 3.98. The van der Waals surface area contributed by atoms with Gasteiger partial charge < -0.3 is 0 Å². The minimum Gasteiger partial charge on any atom is -0.286 e. The van der Waals surface area contributed by atoms with Gasteiger partial charge in [0.2, 0.25) is 0 Å². The van der Waals surface area contributed by atoms with E-state index in [4.69, 9.17) is 0 Å². The summed E-state index contributed by atoms with van der Waals surface area (Å²) in [6, 6.07) is 10.1. The molecule has 94 valence electrons. The van der Waals surface area contributed by atoms with Crippen LogP contribution in [0.25, 0.3) is 0 Å². The second-order valence-corrected chi connectivity index (χ2v) is 6.57. The number of benzene rings is 1. The van der Waals surface area contributed by atoms with Crippen molar-refractivity contribution in [1.29, 1.82) is 0 Å². The summed E-state index contributed by atoms with van der Waals surface area (Å²) in [5, 5.41) is 0.284. The van der Waals surface area contributed by atoms with E-state index in [0.717, 1.165) is 22.8 Å². The van der Waals surface area contributed by atoms with Gasteiger partial charge in [0.25, 0.3) is 0 Å². The SMILES string of the molecule is CCSCC(C)(C(=O)SCC)c1ccccc1. The molecule has 1 aromatic carbocycles. The van der Waals surface area contributed by atoms with Crippen LogP contribution in [0.1, 0.15) is 26.3 Å². The molecule has 0 saturated heterocycles. The Morgan fingerprint density at radius 3 is 2.35 bits per heavy atom. The Hall–Kier alpha value is -0.410. The van der Waals surface area contributed by atoms with Crippen LogP contribution in [0.2, 0.25) is 0 Å². The molecular formula is C14H20OS2. The van der Waals surface area contributed by atoms with Crippen molar-refractivity contribution in [1.82, 2.24) is 0 Å². The first-order chi connectivity index (χ1) is 8.15. The maximum absolute atomic E-state index is 12.3. The van der Waals surface area contributed by atoms with Crippen molar-refractivity contribution in [2.24, 2.45) is 0 Å². The molecule has 1 unspecified atom stereocenters. The van der Waals surface area contributed by atoms with Crippen LogP contribution in [-0.2, 0) is 10.2 Å². The van der Waals surface area contributed by atoms with Gasteiger partial charge in [0.05, 0.1) is 5.41 Å². The Kier molecular flexibility index (Phi) is 6.14. The van der Waals surface area contributed by atoms with Gasteiger partial charge in [-0.25, -0.2) is 0 Å². The number of thioether (sulfide) groups is 2. The number of carbonyl (C=O) groups is 1. The zero-order valence-electron chi connectivity index (χ0n) is 10.7. The second-order valence-electron chi connectivity index (χ2n) is 4.06. The highest BCUT2D eigenvalue weighted by molar-refractivity contribution is 8.13. The monoisotopic (exact) mass is 268 g/mol. The van der Waals surface area contributed by atoms with Gasteiger partial charge >= 0.3 is 0 Å². The van der Waals surface area contributed by atoms with E-state index >= 15 is 0 Å². The molecule has 0 spiro atoms. The highest BCUT2D eigenvalue weighted by atomic mass is 32.2. The summed E-state index contributed by atoms with van der Waals surface area (Å²) in [4.78, 5) is 12.3. The first-order valence-electron chi connectivity index (χ1n) is 5.95. The highest BCUT2D eigenvalue weighted by Gasteiger charge is 2.34. The molecular weight excluding hydrogens is 248 g/mol. The third kappa shape index (κ3) is 3.78. The Bertz CT molecular complexity index is 350. The van der Waals surface area contributed by atoms with E-state index in [2.05, 4.69) is 26.0 Å². The average molecular weight is 268 g/mol. The molecule has 0 bridgehead atoms. The minimum absolute atomic E-state index is 0.284. The van der Waals surface area contributed by atoms with E-state index in [1.54, 1.807) is 0 Å². The van der Waals surface area contributed by atoms with Crippen molar-refractivity contribution in [3.63, 3.8) is 0 Å². The van der Waals surface area contributed by atoms with Crippen molar-refractivity contribution in [3.05, 3.63) is 35.9 Å². The van der Waals surface area contributed by atoms with Crippen molar-refractivity contribution < 1.29 is 4.79 Å². The molecule has 0 aliphatic carbocycles. The van der Waals surface area contributed by atoms with Crippen LogP contribution < -0.4 is 0 Å². The van der Waals surface area contributed by atoms with Crippen LogP contribution in [-0.4, -0.2) is 22.4 Å². The topological polar surface area (TPSA) is 17.1 Å². The lowest BCUT2D eigenvalue weighted by Gasteiger charge is -2.27. The molecule has 3 heteroatoms. The maximum Gasteiger partial charge on any atom is 0.200 e. The maximum atomic E-state index is 12.3. The summed E-state index contributed by atoms with van der Waals surface area (Å²) >= 11 is 3.26. The van der Waals surface area contributed by atoms with Gasteiger partial charge in [-0.1, -0.05) is 55.9 Å². The lowest BCUT2D eigenvalue weighted by molar-refractivity contribution is -0.114. The molecule has 0 fully saturated rings. The Labute approximate surface area is 113 Å². The molecule has 1 rings (SSSR count). The van der Waals surface area contributed by atoms with Crippen molar-refractivity contribution in [2.75, 3.05) is 17.3 Å². The van der Waals surface area contributed by atoms with Crippen LogP contribution in [0.4, 0.5) is 0 Å². The summed E-state index contributed by atoms with van der Waals surface area (Å²) in [7, 11) is 0.